The molecule has 6 aromatic rings. The standard InChI is InChI=1S/C42H41F2N7O6/c1-42(2,3)57-41(54)49-21-17-26(18-22-49)23-34-37-36(16-19-45-38(37)50(48-34)25-27-5-12-31(55-4)13-6-27)56-35-14-9-29(24-33(35)44)47-39(52)32-15-20-46-51(40(32)53)30-10-7-28(43)8-11-30/h5-16,19-20,24,26H,17-18,21-23,25H2,1-4H3,(H,47,52). The summed E-state index contributed by atoms with van der Waals surface area (Å²) in [6.45, 7) is 7.04. The van der Waals surface area contributed by atoms with Crippen molar-refractivity contribution in [2.24, 2.45) is 5.92 Å². The first kappa shape index (κ1) is 38.6. The second-order valence-electron chi connectivity index (χ2n) is 14.7. The average Bonchev–Trinajstić information content (AvgIpc) is 3.53. The zero-order chi connectivity index (χ0) is 40.3. The monoisotopic (exact) mass is 777 g/mol. The third-order valence-electron chi connectivity index (χ3n) is 9.48. The summed E-state index contributed by atoms with van der Waals surface area (Å²) in [7, 11) is 1.61. The molecular weight excluding hydrogens is 737 g/mol. The van der Waals surface area contributed by atoms with Crippen LogP contribution in [0.15, 0.2) is 96.1 Å². The number of aromatic nitrogens is 5. The number of ether oxygens (including phenoxy) is 3. The Hall–Kier alpha value is -6.64. The van der Waals surface area contributed by atoms with Gasteiger partial charge in [0.2, 0.25) is 0 Å². The molecule has 1 aliphatic rings. The van der Waals surface area contributed by atoms with Crippen molar-refractivity contribution < 1.29 is 32.6 Å². The van der Waals surface area contributed by atoms with E-state index in [1.54, 1.807) is 29.0 Å². The molecule has 0 atom stereocenters. The number of nitrogens with one attached hydrogen (secondary N) is 1. The maximum Gasteiger partial charge on any atom is 0.410 e. The van der Waals surface area contributed by atoms with E-state index in [9.17, 15) is 18.8 Å². The molecule has 0 radical (unpaired) electrons. The Bertz CT molecular complexity index is 2470. The van der Waals surface area contributed by atoms with Gasteiger partial charge in [-0.15, -0.1) is 0 Å². The summed E-state index contributed by atoms with van der Waals surface area (Å²) < 4.78 is 49.1. The smallest absolute Gasteiger partial charge is 0.410 e. The van der Waals surface area contributed by atoms with E-state index in [0.717, 1.165) is 40.6 Å². The van der Waals surface area contributed by atoms with Crippen molar-refractivity contribution in [3.8, 4) is 22.9 Å². The highest BCUT2D eigenvalue weighted by Gasteiger charge is 2.29. The molecule has 0 spiro atoms. The van der Waals surface area contributed by atoms with Gasteiger partial charge in [-0.25, -0.2) is 23.2 Å². The number of nitrogens with zero attached hydrogens (tertiary/aromatic N) is 6. The van der Waals surface area contributed by atoms with Crippen LogP contribution in [-0.4, -0.2) is 67.2 Å². The topological polar surface area (TPSA) is 143 Å². The van der Waals surface area contributed by atoms with Crippen LogP contribution in [0.1, 0.15) is 55.2 Å². The van der Waals surface area contributed by atoms with Crippen LogP contribution in [0.2, 0.25) is 0 Å². The summed E-state index contributed by atoms with van der Waals surface area (Å²) in [5.41, 5.74) is 1.04. The number of hydrogen-bond acceptors (Lipinski definition) is 9. The first-order valence-electron chi connectivity index (χ1n) is 18.4. The lowest BCUT2D eigenvalue weighted by molar-refractivity contribution is 0.0184. The van der Waals surface area contributed by atoms with Gasteiger partial charge in [0.05, 0.1) is 30.4 Å². The van der Waals surface area contributed by atoms with Gasteiger partial charge in [-0.2, -0.15) is 14.9 Å². The van der Waals surface area contributed by atoms with Crippen molar-refractivity contribution in [3.05, 3.63) is 130 Å². The Morgan fingerprint density at radius 2 is 1.65 bits per heavy atom. The number of carbonyl (C=O) groups is 2. The molecule has 4 heterocycles. The molecule has 0 unspecified atom stereocenters. The van der Waals surface area contributed by atoms with Crippen molar-refractivity contribution in [1.82, 2.24) is 29.4 Å². The van der Waals surface area contributed by atoms with E-state index in [4.69, 9.17) is 19.3 Å². The number of hydrogen-bond donors (Lipinski definition) is 1. The first-order valence-corrected chi connectivity index (χ1v) is 18.4. The van der Waals surface area contributed by atoms with E-state index in [-0.39, 0.29) is 34.7 Å². The summed E-state index contributed by atoms with van der Waals surface area (Å²) in [5, 5.41) is 12.2. The Kier molecular flexibility index (Phi) is 11.0. The summed E-state index contributed by atoms with van der Waals surface area (Å²) in [5.74, 6) is -0.877. The van der Waals surface area contributed by atoms with Gasteiger partial charge in [-0.05, 0) is 112 Å². The molecule has 57 heavy (non-hydrogen) atoms. The Morgan fingerprint density at radius 3 is 2.33 bits per heavy atom. The molecule has 294 valence electrons. The molecule has 3 aromatic carbocycles. The molecular formula is C42H41F2N7O6. The van der Waals surface area contributed by atoms with Crippen LogP contribution in [0, 0.1) is 17.6 Å². The van der Waals surface area contributed by atoms with Crippen molar-refractivity contribution >= 4 is 28.7 Å². The normalized spacial score (nSPS) is 13.4. The van der Waals surface area contributed by atoms with Crippen LogP contribution in [0.3, 0.4) is 0 Å². The van der Waals surface area contributed by atoms with Crippen molar-refractivity contribution in [1.29, 1.82) is 0 Å². The van der Waals surface area contributed by atoms with Gasteiger partial charge in [-0.1, -0.05) is 12.1 Å². The van der Waals surface area contributed by atoms with E-state index in [0.29, 0.717) is 42.8 Å². The largest absolute Gasteiger partial charge is 0.497 e. The molecule has 13 nitrogen and oxygen atoms in total. The molecule has 2 amide bonds. The maximum atomic E-state index is 15.7. The van der Waals surface area contributed by atoms with Crippen LogP contribution in [-0.2, 0) is 17.7 Å². The fourth-order valence-corrected chi connectivity index (χ4v) is 6.63. The van der Waals surface area contributed by atoms with Crippen molar-refractivity contribution in [2.75, 3.05) is 25.5 Å². The second-order valence-corrected chi connectivity index (χ2v) is 14.7. The van der Waals surface area contributed by atoms with Crippen LogP contribution in [0.4, 0.5) is 19.3 Å². The molecule has 1 N–H and O–H groups in total. The van der Waals surface area contributed by atoms with Gasteiger partial charge in [-0.3, -0.25) is 9.59 Å². The molecule has 1 saturated heterocycles. The number of anilines is 1. The number of piperidine rings is 1. The summed E-state index contributed by atoms with van der Waals surface area (Å²) in [4.78, 5) is 45.4. The highest BCUT2D eigenvalue weighted by Crippen LogP contribution is 2.36. The van der Waals surface area contributed by atoms with Crippen LogP contribution < -0.4 is 20.3 Å². The van der Waals surface area contributed by atoms with Gasteiger partial charge >= 0.3 is 6.09 Å². The highest BCUT2D eigenvalue weighted by atomic mass is 19.1. The van der Waals surface area contributed by atoms with Crippen LogP contribution in [0.25, 0.3) is 16.7 Å². The third kappa shape index (κ3) is 8.93. The third-order valence-corrected chi connectivity index (χ3v) is 9.48. The number of likely N-dealkylation sites (tertiary alicyclic amines) is 1. The average molecular weight is 778 g/mol. The molecule has 15 heteroatoms. The predicted molar refractivity (Wildman–Crippen MR) is 208 cm³/mol. The SMILES string of the molecule is COc1ccc(Cn2nc(CC3CCN(C(=O)OC(C)(C)C)CC3)c3c(Oc4ccc(NC(=O)c5ccnn(-c6ccc(F)cc6)c5=O)cc4F)ccnc32)cc1. The van der Waals surface area contributed by atoms with Gasteiger partial charge < -0.3 is 24.4 Å². The zero-order valence-electron chi connectivity index (χ0n) is 31.9. The summed E-state index contributed by atoms with van der Waals surface area (Å²) >= 11 is 0. The van der Waals surface area contributed by atoms with Crippen molar-refractivity contribution in [3.63, 3.8) is 0 Å². The fourth-order valence-electron chi connectivity index (χ4n) is 6.63. The van der Waals surface area contributed by atoms with Gasteiger partial charge in [0.15, 0.2) is 17.2 Å². The molecule has 7 rings (SSSR count). The van der Waals surface area contributed by atoms with E-state index in [1.165, 1.54) is 48.7 Å². The minimum atomic E-state index is -0.784. The molecule has 1 aliphatic heterocycles. The minimum Gasteiger partial charge on any atom is -0.497 e. The Morgan fingerprint density at radius 1 is 0.912 bits per heavy atom. The van der Waals surface area contributed by atoms with Gasteiger partial charge in [0.25, 0.3) is 11.5 Å². The number of carbonyl (C=O) groups excluding carboxylic acids is 2. The Labute approximate surface area is 326 Å². The lowest BCUT2D eigenvalue weighted by Crippen LogP contribution is -2.42. The summed E-state index contributed by atoms with van der Waals surface area (Å²) in [6.07, 6.45) is 4.57. The first-order chi connectivity index (χ1) is 27.3. The van der Waals surface area contributed by atoms with E-state index in [2.05, 4.69) is 15.4 Å². The quantitative estimate of drug-likeness (QED) is 0.149. The molecule has 1 fully saturated rings. The summed E-state index contributed by atoms with van der Waals surface area (Å²) in [6, 6.07) is 19.6. The zero-order valence-corrected chi connectivity index (χ0v) is 31.9. The number of methoxy groups -OCH3 is 1. The molecule has 3 aromatic heterocycles. The number of pyridine rings is 1. The number of amides is 2. The van der Waals surface area contributed by atoms with E-state index in [1.807, 2.05) is 45.0 Å². The van der Waals surface area contributed by atoms with Crippen LogP contribution in [0.5, 0.6) is 17.2 Å². The Balaban J connectivity index is 1.13. The second kappa shape index (κ2) is 16.2. The van der Waals surface area contributed by atoms with Gasteiger partial charge in [0, 0.05) is 37.2 Å². The number of fused-ring (bicyclic) bond motifs is 1. The number of halogens is 2. The number of benzene rings is 3. The fraction of sp³-hybridized carbons (Fsp3) is 0.286. The predicted octanol–water partition coefficient (Wildman–Crippen LogP) is 7.55. The molecule has 0 saturated carbocycles. The maximum absolute atomic E-state index is 15.7. The lowest BCUT2D eigenvalue weighted by Gasteiger charge is -2.33. The van der Waals surface area contributed by atoms with E-state index < -0.39 is 28.7 Å². The van der Waals surface area contributed by atoms with Gasteiger partial charge in [0.1, 0.15) is 28.5 Å². The lowest BCUT2D eigenvalue weighted by atomic mass is 9.91. The number of rotatable bonds is 10. The minimum absolute atomic E-state index is 0.0833. The highest BCUT2D eigenvalue weighted by molar-refractivity contribution is 6.04. The molecule has 0 bridgehead atoms. The molecule has 0 aliphatic carbocycles. The van der Waals surface area contributed by atoms with E-state index >= 15 is 4.39 Å². The van der Waals surface area contributed by atoms with Crippen molar-refractivity contribution in [2.45, 2.75) is 52.2 Å². The van der Waals surface area contributed by atoms with Crippen LogP contribution >= 0.6 is 0 Å².